The molecule has 0 spiro atoms. The number of amides is 2. The summed E-state index contributed by atoms with van der Waals surface area (Å²) in [5.41, 5.74) is 0.919. The van der Waals surface area contributed by atoms with Gasteiger partial charge in [-0.1, -0.05) is 0 Å². The summed E-state index contributed by atoms with van der Waals surface area (Å²) in [4.78, 5) is 33.0. The molecular weight excluding hydrogens is 284 g/mol. The van der Waals surface area contributed by atoms with Crippen molar-refractivity contribution in [2.24, 2.45) is 0 Å². The Morgan fingerprint density at radius 2 is 2.00 bits per heavy atom. The first kappa shape index (κ1) is 16.0. The van der Waals surface area contributed by atoms with Gasteiger partial charge in [0.1, 0.15) is 6.04 Å². The molecule has 0 aliphatic heterocycles. The molecule has 1 aromatic rings. The van der Waals surface area contributed by atoms with Gasteiger partial charge in [-0.15, -0.1) is 0 Å². The van der Waals surface area contributed by atoms with Crippen LogP contribution in [0.15, 0.2) is 16.8 Å². The minimum absolute atomic E-state index is 0.162. The van der Waals surface area contributed by atoms with Crippen LogP contribution in [0.2, 0.25) is 0 Å². The summed E-state index contributed by atoms with van der Waals surface area (Å²) in [5, 5.41) is 26.1. The molecule has 1 unspecified atom stereocenters. The number of rotatable bonds is 7. The number of hydrogen-bond acceptors (Lipinski definition) is 4. The third-order valence-corrected chi connectivity index (χ3v) is 3.34. The molecule has 0 aliphatic carbocycles. The van der Waals surface area contributed by atoms with E-state index < -0.39 is 24.0 Å². The van der Waals surface area contributed by atoms with Crippen LogP contribution < -0.4 is 10.6 Å². The van der Waals surface area contributed by atoms with E-state index >= 15 is 0 Å². The lowest BCUT2D eigenvalue weighted by Gasteiger charge is -2.17. The fourth-order valence-electron chi connectivity index (χ4n) is 1.53. The number of hydrogen-bond donors (Lipinski definition) is 4. The molecule has 110 valence electrons. The smallest absolute Gasteiger partial charge is 0.326 e. The highest BCUT2D eigenvalue weighted by molar-refractivity contribution is 7.07. The van der Waals surface area contributed by atoms with E-state index in [1.165, 1.54) is 11.3 Å². The fraction of sp³-hybridized carbons (Fsp3) is 0.417. The zero-order valence-corrected chi connectivity index (χ0v) is 11.6. The molecule has 1 aromatic heterocycles. The fourth-order valence-corrected chi connectivity index (χ4v) is 2.28. The van der Waals surface area contributed by atoms with Crippen LogP contribution in [0, 0.1) is 0 Å². The number of carboxylic acid groups (broad SMARTS) is 2. The molecule has 2 amide bonds. The van der Waals surface area contributed by atoms with Crippen LogP contribution in [0.25, 0.3) is 0 Å². The molecule has 0 saturated carbocycles. The largest absolute Gasteiger partial charge is 0.481 e. The summed E-state index contributed by atoms with van der Waals surface area (Å²) in [6, 6.07) is -0.258. The van der Waals surface area contributed by atoms with E-state index in [0.717, 1.165) is 5.56 Å². The molecule has 7 nitrogen and oxygen atoms in total. The van der Waals surface area contributed by atoms with Crippen molar-refractivity contribution in [2.75, 3.05) is 0 Å². The van der Waals surface area contributed by atoms with Gasteiger partial charge >= 0.3 is 18.0 Å². The SMILES string of the molecule is CC(NC(=O)N[C@@H](CCC(=O)O)C(=O)O)c1ccsc1. The molecule has 0 aromatic carbocycles. The van der Waals surface area contributed by atoms with E-state index in [9.17, 15) is 14.4 Å². The Hall–Kier alpha value is -2.09. The summed E-state index contributed by atoms with van der Waals surface area (Å²) in [7, 11) is 0. The van der Waals surface area contributed by atoms with Crippen molar-refractivity contribution in [3.63, 3.8) is 0 Å². The summed E-state index contributed by atoms with van der Waals surface area (Å²) in [6.45, 7) is 1.77. The monoisotopic (exact) mass is 300 g/mol. The van der Waals surface area contributed by atoms with Gasteiger partial charge in [0.15, 0.2) is 0 Å². The van der Waals surface area contributed by atoms with Gasteiger partial charge in [-0.3, -0.25) is 4.79 Å². The van der Waals surface area contributed by atoms with Crippen molar-refractivity contribution in [2.45, 2.75) is 31.8 Å². The van der Waals surface area contributed by atoms with E-state index in [0.29, 0.717) is 0 Å². The van der Waals surface area contributed by atoms with E-state index in [1.54, 1.807) is 6.92 Å². The minimum atomic E-state index is -1.26. The van der Waals surface area contributed by atoms with Crippen molar-refractivity contribution in [1.29, 1.82) is 0 Å². The zero-order valence-electron chi connectivity index (χ0n) is 10.8. The Balaban J connectivity index is 2.49. The summed E-state index contributed by atoms with van der Waals surface area (Å²) >= 11 is 1.49. The molecule has 0 aliphatic rings. The van der Waals surface area contributed by atoms with Crippen LogP contribution >= 0.6 is 11.3 Å². The number of carboxylic acids is 2. The molecule has 1 heterocycles. The van der Waals surface area contributed by atoms with Gasteiger partial charge in [-0.25, -0.2) is 9.59 Å². The van der Waals surface area contributed by atoms with Gasteiger partial charge in [0, 0.05) is 6.42 Å². The van der Waals surface area contributed by atoms with Gasteiger partial charge in [-0.05, 0) is 35.7 Å². The summed E-state index contributed by atoms with van der Waals surface area (Å²) < 4.78 is 0. The van der Waals surface area contributed by atoms with Crippen molar-refractivity contribution >= 4 is 29.3 Å². The number of thiophene rings is 1. The molecule has 0 fully saturated rings. The second-order valence-corrected chi connectivity index (χ2v) is 5.00. The van der Waals surface area contributed by atoms with Gasteiger partial charge in [-0.2, -0.15) is 11.3 Å². The predicted molar refractivity (Wildman–Crippen MR) is 72.7 cm³/mol. The number of urea groups is 1. The highest BCUT2D eigenvalue weighted by atomic mass is 32.1. The Labute approximate surface area is 119 Å². The lowest BCUT2D eigenvalue weighted by atomic mass is 10.1. The average molecular weight is 300 g/mol. The second-order valence-electron chi connectivity index (χ2n) is 4.22. The first-order valence-electron chi connectivity index (χ1n) is 5.94. The van der Waals surface area contributed by atoms with Gasteiger partial charge in [0.25, 0.3) is 0 Å². The van der Waals surface area contributed by atoms with Crippen LogP contribution in [0.4, 0.5) is 4.79 Å². The van der Waals surface area contributed by atoms with E-state index in [2.05, 4.69) is 10.6 Å². The third kappa shape index (κ3) is 5.27. The maximum atomic E-state index is 11.7. The maximum absolute atomic E-state index is 11.7. The second kappa shape index (κ2) is 7.49. The molecule has 0 bridgehead atoms. The molecule has 0 radical (unpaired) electrons. The Morgan fingerprint density at radius 1 is 1.30 bits per heavy atom. The quantitative estimate of drug-likeness (QED) is 0.608. The lowest BCUT2D eigenvalue weighted by molar-refractivity contribution is -0.140. The van der Waals surface area contributed by atoms with Crippen LogP contribution in [0.1, 0.15) is 31.4 Å². The molecule has 20 heavy (non-hydrogen) atoms. The van der Waals surface area contributed by atoms with E-state index in [4.69, 9.17) is 10.2 Å². The topological polar surface area (TPSA) is 116 Å². The number of carbonyl (C=O) groups is 3. The maximum Gasteiger partial charge on any atom is 0.326 e. The highest BCUT2D eigenvalue weighted by Crippen LogP contribution is 2.15. The molecule has 8 heteroatoms. The molecule has 1 rings (SSSR count). The molecular formula is C12H16N2O5S. The van der Waals surface area contributed by atoms with Crippen molar-refractivity contribution in [1.82, 2.24) is 10.6 Å². The first-order valence-corrected chi connectivity index (χ1v) is 6.88. The van der Waals surface area contributed by atoms with E-state index in [1.807, 2.05) is 16.8 Å². The Morgan fingerprint density at radius 3 is 2.50 bits per heavy atom. The average Bonchev–Trinajstić information content (AvgIpc) is 2.87. The van der Waals surface area contributed by atoms with E-state index in [-0.39, 0.29) is 18.9 Å². The van der Waals surface area contributed by atoms with Gasteiger partial charge < -0.3 is 20.8 Å². The Kier molecular flexibility index (Phi) is 5.98. The van der Waals surface area contributed by atoms with Crippen LogP contribution in [0.3, 0.4) is 0 Å². The molecule has 4 N–H and O–H groups in total. The normalized spacial score (nSPS) is 13.2. The minimum Gasteiger partial charge on any atom is -0.481 e. The lowest BCUT2D eigenvalue weighted by Crippen LogP contribution is -2.46. The summed E-state index contributed by atoms with van der Waals surface area (Å²) in [6.07, 6.45) is -0.484. The van der Waals surface area contributed by atoms with Crippen LogP contribution in [-0.4, -0.2) is 34.2 Å². The predicted octanol–water partition coefficient (Wildman–Crippen LogP) is 1.43. The van der Waals surface area contributed by atoms with Crippen molar-refractivity contribution in [3.05, 3.63) is 22.4 Å². The number of aliphatic carboxylic acids is 2. The first-order chi connectivity index (χ1) is 9.40. The van der Waals surface area contributed by atoms with Crippen molar-refractivity contribution in [3.8, 4) is 0 Å². The third-order valence-electron chi connectivity index (χ3n) is 2.64. The molecule has 0 saturated heterocycles. The van der Waals surface area contributed by atoms with Crippen molar-refractivity contribution < 1.29 is 24.6 Å². The Bertz CT molecular complexity index is 474. The molecule has 2 atom stereocenters. The zero-order chi connectivity index (χ0) is 15.1. The van der Waals surface area contributed by atoms with Gasteiger partial charge in [0.05, 0.1) is 6.04 Å². The standard InChI is InChI=1S/C12H16N2O5S/c1-7(8-4-5-20-6-8)13-12(19)14-9(11(17)18)2-3-10(15)16/h4-7,9H,2-3H2,1H3,(H,15,16)(H,17,18)(H2,13,14,19)/t7?,9-/m0/s1. The number of nitrogens with one attached hydrogen (secondary N) is 2. The highest BCUT2D eigenvalue weighted by Gasteiger charge is 2.21. The number of carbonyl (C=O) groups excluding carboxylic acids is 1. The van der Waals surface area contributed by atoms with Crippen LogP contribution in [0.5, 0.6) is 0 Å². The summed E-state index contributed by atoms with van der Waals surface area (Å²) in [5.74, 6) is -2.37. The van der Waals surface area contributed by atoms with Crippen LogP contribution in [-0.2, 0) is 9.59 Å². The van der Waals surface area contributed by atoms with Gasteiger partial charge in [0.2, 0.25) is 0 Å².